The summed E-state index contributed by atoms with van der Waals surface area (Å²) in [5.74, 6) is 1.13. The Morgan fingerprint density at radius 3 is 2.58 bits per heavy atom. The van der Waals surface area contributed by atoms with Crippen molar-refractivity contribution in [1.29, 1.82) is 0 Å². The molecule has 1 amide bonds. The molecule has 0 aromatic carbocycles. The van der Waals surface area contributed by atoms with E-state index in [0.717, 1.165) is 31.7 Å². The summed E-state index contributed by atoms with van der Waals surface area (Å²) in [5.41, 5.74) is 0. The second-order valence-corrected chi connectivity index (χ2v) is 6.84. The van der Waals surface area contributed by atoms with Crippen molar-refractivity contribution in [3.63, 3.8) is 0 Å². The van der Waals surface area contributed by atoms with Crippen LogP contribution >= 0.6 is 0 Å². The maximum Gasteiger partial charge on any atom is 0.239 e. The van der Waals surface area contributed by atoms with Crippen LogP contribution in [0.5, 0.6) is 0 Å². The number of nitrogens with one attached hydrogen (secondary N) is 1. The largest absolute Gasteiger partial charge is 0.339 e. The molecule has 110 valence electrons. The van der Waals surface area contributed by atoms with E-state index in [1.165, 1.54) is 25.7 Å². The first-order chi connectivity index (χ1) is 9.08. The third-order valence-corrected chi connectivity index (χ3v) is 4.42. The first-order valence-electron chi connectivity index (χ1n) is 8.14. The number of hydrogen-bond acceptors (Lipinski definition) is 2. The van der Waals surface area contributed by atoms with E-state index in [0.29, 0.717) is 18.0 Å². The van der Waals surface area contributed by atoms with Crippen LogP contribution in [-0.2, 0) is 4.79 Å². The summed E-state index contributed by atoms with van der Waals surface area (Å²) in [6.07, 6.45) is 8.37. The van der Waals surface area contributed by atoms with Crippen LogP contribution in [0.4, 0.5) is 0 Å². The summed E-state index contributed by atoms with van der Waals surface area (Å²) in [4.78, 5) is 14.6. The number of amides is 1. The molecule has 1 aliphatic heterocycles. The Kier molecular flexibility index (Phi) is 5.26. The van der Waals surface area contributed by atoms with Gasteiger partial charge in [0.25, 0.3) is 0 Å². The summed E-state index contributed by atoms with van der Waals surface area (Å²) in [6, 6.07) is 1.15. The minimum absolute atomic E-state index is 0.105. The van der Waals surface area contributed by atoms with Gasteiger partial charge in [-0.25, -0.2) is 0 Å². The number of likely N-dealkylation sites (tertiary alicyclic amines) is 1. The van der Waals surface area contributed by atoms with Gasteiger partial charge in [0.05, 0.1) is 6.04 Å². The molecule has 2 unspecified atom stereocenters. The van der Waals surface area contributed by atoms with E-state index in [9.17, 15) is 4.79 Å². The van der Waals surface area contributed by atoms with E-state index in [1.54, 1.807) is 0 Å². The normalized spacial score (nSPS) is 26.0. The van der Waals surface area contributed by atoms with Gasteiger partial charge in [-0.05, 0) is 44.9 Å². The van der Waals surface area contributed by atoms with Crippen LogP contribution in [0, 0.1) is 5.92 Å². The van der Waals surface area contributed by atoms with Crippen LogP contribution in [-0.4, -0.2) is 35.5 Å². The minimum Gasteiger partial charge on any atom is -0.339 e. The molecule has 1 aliphatic carbocycles. The lowest BCUT2D eigenvalue weighted by Crippen LogP contribution is -2.54. The Morgan fingerprint density at radius 1 is 1.21 bits per heavy atom. The lowest BCUT2D eigenvalue weighted by Gasteiger charge is -2.37. The number of rotatable bonds is 7. The molecular formula is C16H30N2O. The molecule has 0 aromatic rings. The summed E-state index contributed by atoms with van der Waals surface area (Å²) >= 11 is 0. The molecule has 2 aliphatic rings. The SMILES string of the molecule is CC(C)CCCC(C)N1CCCC(NC2CC2)C1=O. The average Bonchev–Trinajstić information content (AvgIpc) is 3.15. The second kappa shape index (κ2) is 6.74. The second-order valence-electron chi connectivity index (χ2n) is 6.84. The van der Waals surface area contributed by atoms with E-state index in [1.807, 2.05) is 0 Å². The van der Waals surface area contributed by atoms with E-state index in [4.69, 9.17) is 0 Å². The van der Waals surface area contributed by atoms with Crippen LogP contribution in [0.1, 0.15) is 65.7 Å². The highest BCUT2D eigenvalue weighted by molar-refractivity contribution is 5.83. The summed E-state index contributed by atoms with van der Waals surface area (Å²) in [7, 11) is 0. The van der Waals surface area contributed by atoms with Gasteiger partial charge in [0.15, 0.2) is 0 Å². The molecule has 0 spiro atoms. The minimum atomic E-state index is 0.105. The van der Waals surface area contributed by atoms with Gasteiger partial charge < -0.3 is 10.2 Å². The topological polar surface area (TPSA) is 32.3 Å². The van der Waals surface area contributed by atoms with Crippen molar-refractivity contribution in [2.45, 2.75) is 83.8 Å². The summed E-state index contributed by atoms with van der Waals surface area (Å²) < 4.78 is 0. The highest BCUT2D eigenvalue weighted by Crippen LogP contribution is 2.24. The van der Waals surface area contributed by atoms with Crippen LogP contribution in [0.2, 0.25) is 0 Å². The van der Waals surface area contributed by atoms with Crippen molar-refractivity contribution in [3.05, 3.63) is 0 Å². The lowest BCUT2D eigenvalue weighted by molar-refractivity contribution is -0.138. The van der Waals surface area contributed by atoms with Gasteiger partial charge >= 0.3 is 0 Å². The fraction of sp³-hybridized carbons (Fsp3) is 0.938. The fourth-order valence-corrected chi connectivity index (χ4v) is 3.00. The van der Waals surface area contributed by atoms with Crippen LogP contribution in [0.3, 0.4) is 0 Å². The average molecular weight is 266 g/mol. The molecule has 1 N–H and O–H groups in total. The summed E-state index contributed by atoms with van der Waals surface area (Å²) in [6.45, 7) is 7.72. The van der Waals surface area contributed by atoms with Crippen molar-refractivity contribution < 1.29 is 4.79 Å². The Morgan fingerprint density at radius 2 is 1.95 bits per heavy atom. The molecule has 2 rings (SSSR count). The van der Waals surface area contributed by atoms with Gasteiger partial charge in [0.2, 0.25) is 5.91 Å². The van der Waals surface area contributed by atoms with Gasteiger partial charge in [-0.3, -0.25) is 4.79 Å². The molecule has 1 heterocycles. The van der Waals surface area contributed by atoms with Gasteiger partial charge in [0, 0.05) is 18.6 Å². The smallest absolute Gasteiger partial charge is 0.239 e. The maximum absolute atomic E-state index is 12.5. The Hall–Kier alpha value is -0.570. The highest BCUT2D eigenvalue weighted by atomic mass is 16.2. The zero-order chi connectivity index (χ0) is 13.8. The molecule has 3 nitrogen and oxygen atoms in total. The third-order valence-electron chi connectivity index (χ3n) is 4.42. The molecule has 2 fully saturated rings. The quantitative estimate of drug-likeness (QED) is 0.768. The molecule has 3 heteroatoms. The molecule has 2 atom stereocenters. The van der Waals surface area contributed by atoms with E-state index < -0.39 is 0 Å². The van der Waals surface area contributed by atoms with Crippen LogP contribution in [0.15, 0.2) is 0 Å². The molecule has 1 saturated carbocycles. The van der Waals surface area contributed by atoms with Gasteiger partial charge in [-0.1, -0.05) is 26.7 Å². The molecular weight excluding hydrogens is 236 g/mol. The Bertz CT molecular complexity index is 299. The van der Waals surface area contributed by atoms with Crippen molar-refractivity contribution in [3.8, 4) is 0 Å². The van der Waals surface area contributed by atoms with Gasteiger partial charge in [0.1, 0.15) is 0 Å². The van der Waals surface area contributed by atoms with E-state index in [2.05, 4.69) is 31.0 Å². The molecule has 0 aromatic heterocycles. The predicted molar refractivity (Wildman–Crippen MR) is 79.0 cm³/mol. The maximum atomic E-state index is 12.5. The Balaban J connectivity index is 1.78. The van der Waals surface area contributed by atoms with Crippen molar-refractivity contribution in [2.75, 3.05) is 6.54 Å². The number of nitrogens with zero attached hydrogens (tertiary/aromatic N) is 1. The van der Waals surface area contributed by atoms with Crippen molar-refractivity contribution in [2.24, 2.45) is 5.92 Å². The molecule has 1 saturated heterocycles. The van der Waals surface area contributed by atoms with Gasteiger partial charge in [-0.15, -0.1) is 0 Å². The van der Waals surface area contributed by atoms with Crippen molar-refractivity contribution in [1.82, 2.24) is 10.2 Å². The fourth-order valence-electron chi connectivity index (χ4n) is 3.00. The zero-order valence-corrected chi connectivity index (χ0v) is 12.8. The first kappa shape index (κ1) is 14.8. The third kappa shape index (κ3) is 4.48. The number of carbonyl (C=O) groups excluding carboxylic acids is 1. The number of hydrogen-bond donors (Lipinski definition) is 1. The molecule has 0 radical (unpaired) electrons. The van der Waals surface area contributed by atoms with Crippen molar-refractivity contribution >= 4 is 5.91 Å². The Labute approximate surface area is 118 Å². The van der Waals surface area contributed by atoms with Crippen LogP contribution < -0.4 is 5.32 Å². The first-order valence-corrected chi connectivity index (χ1v) is 8.14. The molecule has 0 bridgehead atoms. The van der Waals surface area contributed by atoms with E-state index in [-0.39, 0.29) is 6.04 Å². The number of piperidine rings is 1. The standard InChI is InChI=1S/C16H30N2O/c1-12(2)6-4-7-13(3)18-11-5-8-15(16(18)19)17-14-9-10-14/h12-15,17H,4-11H2,1-3H3. The molecule has 19 heavy (non-hydrogen) atoms. The monoisotopic (exact) mass is 266 g/mol. The lowest BCUT2D eigenvalue weighted by atomic mass is 9.99. The number of carbonyl (C=O) groups is 1. The van der Waals surface area contributed by atoms with Gasteiger partial charge in [-0.2, -0.15) is 0 Å². The van der Waals surface area contributed by atoms with Crippen LogP contribution in [0.25, 0.3) is 0 Å². The zero-order valence-electron chi connectivity index (χ0n) is 12.8. The van der Waals surface area contributed by atoms with E-state index >= 15 is 0 Å². The summed E-state index contributed by atoms with van der Waals surface area (Å²) in [5, 5.41) is 3.51. The predicted octanol–water partition coefficient (Wildman–Crippen LogP) is 2.94. The highest BCUT2D eigenvalue weighted by Gasteiger charge is 2.34.